The lowest BCUT2D eigenvalue weighted by Gasteiger charge is -2.24. The van der Waals surface area contributed by atoms with E-state index in [9.17, 15) is 8.42 Å². The molecule has 6 nitrogen and oxygen atoms in total. The summed E-state index contributed by atoms with van der Waals surface area (Å²) in [6, 6.07) is 0. The fourth-order valence-electron chi connectivity index (χ4n) is 2.05. The highest BCUT2D eigenvalue weighted by Gasteiger charge is 2.19. The number of rotatable bonds is 6. The highest BCUT2D eigenvalue weighted by Crippen LogP contribution is 2.13. The standard InChI is InChI=1S/C12H25N3O3S/c1-4-19(16,17)8-6-14-12(13-2)15(3)9-11-5-7-18-10-11/h11H,4-10H2,1-3H3,(H,13,14). The fraction of sp³-hybridized carbons (Fsp3) is 0.917. The van der Waals surface area contributed by atoms with Crippen LogP contribution in [0.3, 0.4) is 0 Å². The van der Waals surface area contributed by atoms with Crippen LogP contribution in [0.1, 0.15) is 13.3 Å². The van der Waals surface area contributed by atoms with Crippen LogP contribution in [0.25, 0.3) is 0 Å². The van der Waals surface area contributed by atoms with Crippen molar-refractivity contribution in [2.24, 2.45) is 10.9 Å². The molecule has 1 atom stereocenters. The Kier molecular flexibility index (Phi) is 6.57. The van der Waals surface area contributed by atoms with Gasteiger partial charge in [0.05, 0.1) is 12.4 Å². The second-order valence-corrected chi connectivity index (χ2v) is 7.29. The first-order valence-corrected chi connectivity index (χ1v) is 8.50. The van der Waals surface area contributed by atoms with E-state index in [1.165, 1.54) is 0 Å². The Hall–Kier alpha value is -0.820. The number of nitrogens with one attached hydrogen (secondary N) is 1. The van der Waals surface area contributed by atoms with Crippen molar-refractivity contribution < 1.29 is 13.2 Å². The Labute approximate surface area is 116 Å². The molecular weight excluding hydrogens is 266 g/mol. The molecule has 1 rings (SSSR count). The van der Waals surface area contributed by atoms with Gasteiger partial charge in [-0.15, -0.1) is 0 Å². The van der Waals surface area contributed by atoms with Crippen LogP contribution in [0.5, 0.6) is 0 Å². The molecule has 1 heterocycles. The summed E-state index contributed by atoms with van der Waals surface area (Å²) in [5, 5.41) is 3.09. The third kappa shape index (κ3) is 5.78. The van der Waals surface area contributed by atoms with Gasteiger partial charge in [-0.3, -0.25) is 4.99 Å². The normalized spacial score (nSPS) is 20.6. The third-order valence-corrected chi connectivity index (χ3v) is 4.97. The van der Waals surface area contributed by atoms with E-state index in [2.05, 4.69) is 10.3 Å². The van der Waals surface area contributed by atoms with Gasteiger partial charge in [-0.1, -0.05) is 6.92 Å². The van der Waals surface area contributed by atoms with Crippen molar-refractivity contribution in [1.82, 2.24) is 10.2 Å². The summed E-state index contributed by atoms with van der Waals surface area (Å²) in [5.41, 5.74) is 0. The van der Waals surface area contributed by atoms with Crippen LogP contribution < -0.4 is 5.32 Å². The zero-order chi connectivity index (χ0) is 14.3. The molecule has 0 radical (unpaired) electrons. The van der Waals surface area contributed by atoms with Crippen molar-refractivity contribution in [2.75, 3.05) is 51.9 Å². The Morgan fingerprint density at radius 2 is 2.26 bits per heavy atom. The molecule has 0 saturated carbocycles. The van der Waals surface area contributed by atoms with Crippen molar-refractivity contribution in [3.8, 4) is 0 Å². The zero-order valence-corrected chi connectivity index (χ0v) is 12.9. The van der Waals surface area contributed by atoms with Gasteiger partial charge in [0.2, 0.25) is 0 Å². The lowest BCUT2D eigenvalue weighted by Crippen LogP contribution is -2.43. The summed E-state index contributed by atoms with van der Waals surface area (Å²) in [7, 11) is 0.739. The number of guanidine groups is 1. The molecular formula is C12H25N3O3S. The Morgan fingerprint density at radius 3 is 2.79 bits per heavy atom. The number of hydrogen-bond acceptors (Lipinski definition) is 4. The molecule has 1 aliphatic rings. The first-order valence-electron chi connectivity index (χ1n) is 6.68. The largest absolute Gasteiger partial charge is 0.381 e. The zero-order valence-electron chi connectivity index (χ0n) is 12.1. The van der Waals surface area contributed by atoms with Gasteiger partial charge in [-0.05, 0) is 6.42 Å². The molecule has 1 aliphatic heterocycles. The first kappa shape index (κ1) is 16.2. The van der Waals surface area contributed by atoms with Gasteiger partial charge in [0.25, 0.3) is 0 Å². The molecule has 0 aromatic carbocycles. The predicted octanol–water partition coefficient (Wildman–Crippen LogP) is -0.0352. The molecule has 0 aromatic heterocycles. The quantitative estimate of drug-likeness (QED) is 0.549. The summed E-state index contributed by atoms with van der Waals surface area (Å²) in [6.07, 6.45) is 1.07. The number of hydrogen-bond donors (Lipinski definition) is 1. The molecule has 7 heteroatoms. The van der Waals surface area contributed by atoms with Crippen LogP contribution in [0.15, 0.2) is 4.99 Å². The van der Waals surface area contributed by atoms with Crippen molar-refractivity contribution in [1.29, 1.82) is 0 Å². The van der Waals surface area contributed by atoms with E-state index in [0.29, 0.717) is 12.5 Å². The van der Waals surface area contributed by atoms with E-state index in [1.54, 1.807) is 14.0 Å². The highest BCUT2D eigenvalue weighted by molar-refractivity contribution is 7.91. The van der Waals surface area contributed by atoms with E-state index in [0.717, 1.165) is 32.1 Å². The van der Waals surface area contributed by atoms with E-state index in [4.69, 9.17) is 4.74 Å². The molecule has 1 saturated heterocycles. The number of aliphatic imine (C=N–C) groups is 1. The van der Waals surface area contributed by atoms with Crippen LogP contribution in [0.2, 0.25) is 0 Å². The van der Waals surface area contributed by atoms with Gasteiger partial charge in [-0.2, -0.15) is 0 Å². The second kappa shape index (κ2) is 7.69. The Morgan fingerprint density at radius 1 is 1.53 bits per heavy atom. The minimum absolute atomic E-state index is 0.142. The molecule has 0 amide bonds. The van der Waals surface area contributed by atoms with Gasteiger partial charge in [0, 0.05) is 45.5 Å². The maximum absolute atomic E-state index is 11.4. The molecule has 112 valence electrons. The minimum atomic E-state index is -2.93. The van der Waals surface area contributed by atoms with Crippen molar-refractivity contribution in [3.05, 3.63) is 0 Å². The lowest BCUT2D eigenvalue weighted by atomic mass is 10.1. The SMILES string of the molecule is CCS(=O)(=O)CCNC(=NC)N(C)CC1CCOC1. The maximum Gasteiger partial charge on any atom is 0.193 e. The molecule has 0 aliphatic carbocycles. The van der Waals surface area contributed by atoms with Crippen molar-refractivity contribution in [2.45, 2.75) is 13.3 Å². The summed E-state index contributed by atoms with van der Waals surface area (Å²) < 4.78 is 28.2. The summed E-state index contributed by atoms with van der Waals surface area (Å²) >= 11 is 0. The van der Waals surface area contributed by atoms with Gasteiger partial charge < -0.3 is 15.0 Å². The monoisotopic (exact) mass is 291 g/mol. The predicted molar refractivity (Wildman–Crippen MR) is 77.2 cm³/mol. The van der Waals surface area contributed by atoms with E-state index < -0.39 is 9.84 Å². The van der Waals surface area contributed by atoms with Crippen LogP contribution in [-0.2, 0) is 14.6 Å². The molecule has 19 heavy (non-hydrogen) atoms. The van der Waals surface area contributed by atoms with E-state index >= 15 is 0 Å². The summed E-state index contributed by atoms with van der Waals surface area (Å²) in [5.74, 6) is 1.59. The molecule has 0 bridgehead atoms. The van der Waals surface area contributed by atoms with Gasteiger partial charge >= 0.3 is 0 Å². The molecule has 0 aromatic rings. The van der Waals surface area contributed by atoms with Crippen molar-refractivity contribution in [3.63, 3.8) is 0 Å². The highest BCUT2D eigenvalue weighted by atomic mass is 32.2. The van der Waals surface area contributed by atoms with Gasteiger partial charge in [-0.25, -0.2) is 8.42 Å². The number of ether oxygens (including phenoxy) is 1. The Balaban J connectivity index is 2.36. The average molecular weight is 291 g/mol. The molecule has 1 N–H and O–H groups in total. The van der Waals surface area contributed by atoms with Crippen LogP contribution in [0.4, 0.5) is 0 Å². The Bertz CT molecular complexity index is 389. The van der Waals surface area contributed by atoms with E-state index in [-0.39, 0.29) is 11.5 Å². The van der Waals surface area contributed by atoms with Crippen LogP contribution in [0, 0.1) is 5.92 Å². The molecule has 0 spiro atoms. The van der Waals surface area contributed by atoms with Crippen LogP contribution in [-0.4, -0.2) is 71.2 Å². The van der Waals surface area contributed by atoms with E-state index in [1.807, 2.05) is 11.9 Å². The maximum atomic E-state index is 11.4. The average Bonchev–Trinajstić information content (AvgIpc) is 2.87. The number of nitrogens with zero attached hydrogens (tertiary/aromatic N) is 2. The van der Waals surface area contributed by atoms with Crippen molar-refractivity contribution >= 4 is 15.8 Å². The summed E-state index contributed by atoms with van der Waals surface area (Å²) in [6.45, 7) is 4.57. The minimum Gasteiger partial charge on any atom is -0.381 e. The smallest absolute Gasteiger partial charge is 0.193 e. The third-order valence-electron chi connectivity index (χ3n) is 3.27. The number of sulfone groups is 1. The molecule has 1 fully saturated rings. The van der Waals surface area contributed by atoms with Gasteiger partial charge in [0.1, 0.15) is 0 Å². The summed E-state index contributed by atoms with van der Waals surface area (Å²) in [4.78, 5) is 6.20. The van der Waals surface area contributed by atoms with Gasteiger partial charge in [0.15, 0.2) is 15.8 Å². The first-order chi connectivity index (χ1) is 8.98. The topological polar surface area (TPSA) is 71.0 Å². The second-order valence-electron chi connectivity index (χ2n) is 4.82. The van der Waals surface area contributed by atoms with Crippen LogP contribution >= 0.6 is 0 Å². The fourth-order valence-corrected chi connectivity index (χ4v) is 2.75. The molecule has 1 unspecified atom stereocenters. The lowest BCUT2D eigenvalue weighted by molar-refractivity contribution is 0.181.